The zero-order valence-electron chi connectivity index (χ0n) is 16.8. The van der Waals surface area contributed by atoms with Crippen molar-refractivity contribution in [2.24, 2.45) is 0 Å². The molecule has 0 aliphatic carbocycles. The quantitative estimate of drug-likeness (QED) is 0.156. The van der Waals surface area contributed by atoms with Crippen molar-refractivity contribution in [2.45, 2.75) is 15.7 Å². The van der Waals surface area contributed by atoms with Crippen LogP contribution >= 0.6 is 19.9 Å². The van der Waals surface area contributed by atoms with Gasteiger partial charge in [0.05, 0.1) is 0 Å². The van der Waals surface area contributed by atoms with Gasteiger partial charge in [0.25, 0.3) is 0 Å². The summed E-state index contributed by atoms with van der Waals surface area (Å²) >= 11 is 1.80. The molecule has 0 heterocycles. The molecule has 7 heteroatoms. The van der Waals surface area contributed by atoms with E-state index in [1.54, 1.807) is 11.8 Å². The first kappa shape index (κ1) is 24.0. The van der Waals surface area contributed by atoms with Crippen LogP contribution in [0.1, 0.15) is 22.6 Å². The molecule has 0 amide bonds. The van der Waals surface area contributed by atoms with Crippen LogP contribution in [0.15, 0.2) is 125 Å². The summed E-state index contributed by atoms with van der Waals surface area (Å²) < 4.78 is 49.2. The van der Waals surface area contributed by atoms with Crippen molar-refractivity contribution in [3.63, 3.8) is 0 Å². The van der Waals surface area contributed by atoms with E-state index in [9.17, 15) is 21.0 Å². The van der Waals surface area contributed by atoms with Gasteiger partial charge in [-0.05, 0) is 41.0 Å². The van der Waals surface area contributed by atoms with Crippen LogP contribution in [-0.2, 0) is 0 Å². The second-order valence-corrected chi connectivity index (χ2v) is 9.30. The molecule has 0 N–H and O–H groups in total. The van der Waals surface area contributed by atoms with Crippen LogP contribution in [0.3, 0.4) is 0 Å². The van der Waals surface area contributed by atoms with Crippen LogP contribution < -0.4 is 0 Å². The number of rotatable bonds is 5. The van der Waals surface area contributed by atoms with E-state index in [4.69, 9.17) is 0 Å². The van der Waals surface area contributed by atoms with Gasteiger partial charge in [-0.15, -0.1) is 0 Å². The monoisotopic (exact) mass is 478 g/mol. The Hall–Kier alpha value is -2.69. The van der Waals surface area contributed by atoms with Crippen LogP contribution in [-0.4, -0.2) is 0 Å². The molecule has 0 spiro atoms. The molecule has 0 atom stereocenters. The van der Waals surface area contributed by atoms with Crippen molar-refractivity contribution >= 4 is 19.9 Å². The molecule has 0 bridgehead atoms. The van der Waals surface area contributed by atoms with Gasteiger partial charge in [0.1, 0.15) is 0 Å². The smallest absolute Gasteiger partial charge is 0.0340 e. The SMILES string of the molecule is FP(F)(F)(F)F.c1ccc(Sc2ccc(C(c3ccccc3)c3ccccc3)cc2)cc1. The summed E-state index contributed by atoms with van der Waals surface area (Å²) in [5, 5.41) is 0. The van der Waals surface area contributed by atoms with E-state index in [0.29, 0.717) is 0 Å². The summed E-state index contributed by atoms with van der Waals surface area (Å²) in [7, 11) is -8.55. The van der Waals surface area contributed by atoms with Crippen LogP contribution in [0.5, 0.6) is 0 Å². The first-order chi connectivity index (χ1) is 15.1. The third-order valence-corrected chi connectivity index (χ3v) is 5.47. The molecule has 4 rings (SSSR count). The van der Waals surface area contributed by atoms with Gasteiger partial charge in [-0.2, -0.15) is 0 Å². The summed E-state index contributed by atoms with van der Waals surface area (Å²) in [5.41, 5.74) is 3.96. The minimum atomic E-state index is -8.55. The molecule has 0 nitrogen and oxygen atoms in total. The number of hydrogen-bond acceptors (Lipinski definition) is 1. The fourth-order valence-electron chi connectivity index (χ4n) is 3.22. The van der Waals surface area contributed by atoms with Gasteiger partial charge in [-0.25, -0.2) is 0 Å². The fraction of sp³-hybridized carbons (Fsp3) is 0.0400. The number of hydrogen-bond donors (Lipinski definition) is 0. The second-order valence-electron chi connectivity index (χ2n) is 6.88. The maximum atomic E-state index is 9.84. The molecule has 0 aromatic heterocycles. The van der Waals surface area contributed by atoms with Crippen LogP contribution in [0.25, 0.3) is 0 Å². The maximum absolute atomic E-state index is 9.84. The van der Waals surface area contributed by atoms with Crippen LogP contribution in [0.2, 0.25) is 0 Å². The summed E-state index contributed by atoms with van der Waals surface area (Å²) in [6, 6.07) is 41.0. The Morgan fingerprint density at radius 2 is 0.750 bits per heavy atom. The van der Waals surface area contributed by atoms with Gasteiger partial charge in [0, 0.05) is 15.7 Å². The van der Waals surface area contributed by atoms with E-state index in [0.717, 1.165) is 0 Å². The third-order valence-electron chi connectivity index (χ3n) is 4.46. The second kappa shape index (κ2) is 10.3. The zero-order chi connectivity index (χ0) is 23.1. The Kier molecular flexibility index (Phi) is 7.70. The number of benzene rings is 4. The van der Waals surface area contributed by atoms with E-state index in [1.807, 2.05) is 0 Å². The molecule has 0 radical (unpaired) electrons. The molecule has 0 saturated carbocycles. The topological polar surface area (TPSA) is 0 Å². The Morgan fingerprint density at radius 1 is 0.438 bits per heavy atom. The standard InChI is InChI=1S/C25H20S.F5P/c1-4-10-20(11-5-1)25(21-12-6-2-7-13-21)22-16-18-24(19-17-22)26-23-14-8-3-9-15-23;1-6(2,3,4)5/h1-19,25H;. The van der Waals surface area contributed by atoms with Crippen molar-refractivity contribution in [2.75, 3.05) is 0 Å². The number of halogens is 5. The summed E-state index contributed by atoms with van der Waals surface area (Å²) in [6.45, 7) is 0. The normalized spacial score (nSPS) is 12.4. The molecular formula is C25H20F5PS. The van der Waals surface area contributed by atoms with Crippen LogP contribution in [0.4, 0.5) is 21.0 Å². The van der Waals surface area contributed by atoms with E-state index in [2.05, 4.69) is 115 Å². The average molecular weight is 478 g/mol. The molecule has 0 fully saturated rings. The van der Waals surface area contributed by atoms with Gasteiger partial charge in [0.15, 0.2) is 0 Å². The van der Waals surface area contributed by atoms with Crippen molar-refractivity contribution < 1.29 is 21.0 Å². The van der Waals surface area contributed by atoms with Gasteiger partial charge >= 0.3 is 29.1 Å². The van der Waals surface area contributed by atoms with Crippen molar-refractivity contribution in [1.29, 1.82) is 0 Å². The first-order valence-electron chi connectivity index (χ1n) is 9.67. The summed E-state index contributed by atoms with van der Waals surface area (Å²) in [6.07, 6.45) is 0. The van der Waals surface area contributed by atoms with Gasteiger partial charge in [0.2, 0.25) is 0 Å². The van der Waals surface area contributed by atoms with Crippen molar-refractivity contribution in [3.05, 3.63) is 132 Å². The minimum absolute atomic E-state index is 0.258. The van der Waals surface area contributed by atoms with Gasteiger partial charge in [-0.1, -0.05) is 103 Å². The molecule has 0 unspecified atom stereocenters. The fourth-order valence-corrected chi connectivity index (χ4v) is 4.06. The molecule has 0 saturated heterocycles. The molecule has 4 aromatic rings. The molecule has 0 aliphatic heterocycles. The Labute approximate surface area is 188 Å². The first-order valence-corrected chi connectivity index (χ1v) is 12.2. The summed E-state index contributed by atoms with van der Waals surface area (Å²) in [5.74, 6) is 0.258. The van der Waals surface area contributed by atoms with Crippen LogP contribution in [0, 0.1) is 0 Å². The predicted octanol–water partition coefficient (Wildman–Crippen LogP) is 9.98. The third kappa shape index (κ3) is 8.45. The van der Waals surface area contributed by atoms with Gasteiger partial charge in [-0.3, -0.25) is 0 Å². The zero-order valence-corrected chi connectivity index (χ0v) is 18.5. The maximum Gasteiger partial charge on any atom is 0.0340 e. The van der Waals surface area contributed by atoms with E-state index < -0.39 is 8.16 Å². The minimum Gasteiger partial charge on any atom is -0.0901 e. The molecule has 166 valence electrons. The average Bonchev–Trinajstić information content (AvgIpc) is 2.76. The molecule has 32 heavy (non-hydrogen) atoms. The Bertz CT molecular complexity index is 1040. The van der Waals surface area contributed by atoms with E-state index in [-0.39, 0.29) is 5.92 Å². The van der Waals surface area contributed by atoms with Gasteiger partial charge < -0.3 is 0 Å². The van der Waals surface area contributed by atoms with Crippen molar-refractivity contribution in [3.8, 4) is 0 Å². The van der Waals surface area contributed by atoms with E-state index >= 15 is 0 Å². The molecule has 4 aromatic carbocycles. The predicted molar refractivity (Wildman–Crippen MR) is 123 cm³/mol. The largest absolute Gasteiger partial charge is 0.0901 e. The summed E-state index contributed by atoms with van der Waals surface area (Å²) in [4.78, 5) is 2.53. The molecule has 0 aliphatic rings. The van der Waals surface area contributed by atoms with E-state index in [1.165, 1.54) is 26.5 Å². The Balaban J connectivity index is 0.000000427. The van der Waals surface area contributed by atoms with Crippen molar-refractivity contribution in [1.82, 2.24) is 0 Å². The Morgan fingerprint density at radius 3 is 1.16 bits per heavy atom. The molecular weight excluding hydrogens is 458 g/mol.